The fourth-order valence-corrected chi connectivity index (χ4v) is 3.36. The molecule has 0 radical (unpaired) electrons. The molecule has 2 aromatic rings. The second-order valence-electron chi connectivity index (χ2n) is 7.56. The summed E-state index contributed by atoms with van der Waals surface area (Å²) in [5.41, 5.74) is -0.531. The minimum Gasteiger partial charge on any atom is -0.492 e. The molecule has 0 bridgehead atoms. The summed E-state index contributed by atoms with van der Waals surface area (Å²) < 4.78 is 17.4. The monoisotopic (exact) mass is 434 g/mol. The molecule has 1 aliphatic rings. The number of hydrogen-bond donors (Lipinski definition) is 0. The van der Waals surface area contributed by atoms with E-state index >= 15 is 0 Å². The van der Waals surface area contributed by atoms with Gasteiger partial charge < -0.3 is 14.2 Å². The van der Waals surface area contributed by atoms with Crippen LogP contribution in [0, 0.1) is 10.1 Å². The van der Waals surface area contributed by atoms with E-state index in [9.17, 15) is 14.9 Å². The molecule has 1 aliphatic heterocycles. The lowest BCUT2D eigenvalue weighted by molar-refractivity contribution is -0.384. The van der Waals surface area contributed by atoms with Gasteiger partial charge in [-0.25, -0.2) is 0 Å². The van der Waals surface area contributed by atoms with Crippen LogP contribution in [0.25, 0.3) is 0 Å². The lowest BCUT2D eigenvalue weighted by Gasteiger charge is -2.36. The number of benzene rings is 2. The first-order valence-electron chi connectivity index (χ1n) is 9.41. The Morgan fingerprint density at radius 3 is 2.60 bits per heavy atom. The highest BCUT2D eigenvalue weighted by Gasteiger charge is 2.42. The predicted octanol–water partition coefficient (Wildman–Crippen LogP) is 3.71. The molecular weight excluding hydrogens is 412 g/mol. The number of carbonyl (C=O) groups excluding carboxylic acids is 1. The Morgan fingerprint density at radius 2 is 1.97 bits per heavy atom. The topological polar surface area (TPSA) is 91.1 Å². The molecule has 1 fully saturated rings. The van der Waals surface area contributed by atoms with E-state index < -0.39 is 16.7 Å². The number of ether oxygens (including phenoxy) is 3. The van der Waals surface area contributed by atoms with Crippen molar-refractivity contribution in [2.75, 3.05) is 19.8 Å². The summed E-state index contributed by atoms with van der Waals surface area (Å²) >= 11 is 5.97. The van der Waals surface area contributed by atoms with E-state index in [1.807, 2.05) is 18.7 Å². The van der Waals surface area contributed by atoms with Crippen LogP contribution in [0.2, 0.25) is 5.02 Å². The van der Waals surface area contributed by atoms with E-state index in [0.29, 0.717) is 23.1 Å². The average Bonchev–Trinajstić information content (AvgIpc) is 3.16. The molecule has 30 heavy (non-hydrogen) atoms. The lowest BCUT2D eigenvalue weighted by Crippen LogP contribution is -2.51. The molecule has 3 rings (SSSR count). The van der Waals surface area contributed by atoms with E-state index in [1.165, 1.54) is 12.1 Å². The molecule has 0 N–H and O–H groups in total. The Hall–Kier alpha value is -2.68. The van der Waals surface area contributed by atoms with Gasteiger partial charge in [-0.05, 0) is 44.2 Å². The molecular formula is C21H23ClN2O6. The summed E-state index contributed by atoms with van der Waals surface area (Å²) in [6.45, 7) is 4.92. The first-order valence-corrected chi connectivity index (χ1v) is 9.79. The first kappa shape index (κ1) is 22.0. The molecule has 2 aromatic carbocycles. The fraction of sp³-hybridized carbons (Fsp3) is 0.381. The number of halogens is 1. The summed E-state index contributed by atoms with van der Waals surface area (Å²) in [7, 11) is 0. The van der Waals surface area contributed by atoms with E-state index in [0.717, 1.165) is 6.29 Å². The maximum Gasteiger partial charge on any atom is 0.269 e. The molecule has 8 nitrogen and oxygen atoms in total. The number of aldehydes is 1. The normalized spacial score (nSPS) is 19.4. The summed E-state index contributed by atoms with van der Waals surface area (Å²) in [5, 5.41) is 11.3. The number of nitro benzene ring substituents is 1. The Bertz CT molecular complexity index is 889. The van der Waals surface area contributed by atoms with Gasteiger partial charge in [-0.15, -0.1) is 0 Å². The SMILES string of the molecule is CC(C)(COc1ccc([N+](=O)[O-])cc1)N1CC(COc2cccc(Cl)c2)OC1C=O. The van der Waals surface area contributed by atoms with Crippen LogP contribution in [0.5, 0.6) is 11.5 Å². The quantitative estimate of drug-likeness (QED) is 0.337. The van der Waals surface area contributed by atoms with Gasteiger partial charge in [0.15, 0.2) is 12.5 Å². The largest absolute Gasteiger partial charge is 0.492 e. The summed E-state index contributed by atoms with van der Waals surface area (Å²) in [4.78, 5) is 23.8. The number of hydrogen-bond acceptors (Lipinski definition) is 7. The Labute approximate surface area is 179 Å². The van der Waals surface area contributed by atoms with E-state index in [-0.39, 0.29) is 25.0 Å². The summed E-state index contributed by atoms with van der Waals surface area (Å²) in [5.74, 6) is 1.14. The molecule has 0 aliphatic carbocycles. The van der Waals surface area contributed by atoms with Crippen molar-refractivity contribution in [2.24, 2.45) is 0 Å². The molecule has 0 amide bonds. The summed E-state index contributed by atoms with van der Waals surface area (Å²) in [6.07, 6.45) is -0.251. The minimum atomic E-state index is -0.714. The Kier molecular flexibility index (Phi) is 6.91. The standard InChI is InChI=1S/C21H23ClN2O6/c1-21(2,14-29-17-8-6-16(7-9-17)24(26)27)23-11-19(30-20(23)12-25)13-28-18-5-3-4-15(22)10-18/h3-10,12,19-20H,11,13-14H2,1-2H3. The van der Waals surface area contributed by atoms with Gasteiger partial charge in [-0.3, -0.25) is 19.8 Å². The van der Waals surface area contributed by atoms with Crippen molar-refractivity contribution < 1.29 is 23.9 Å². The number of carbonyl (C=O) groups is 1. The zero-order valence-electron chi connectivity index (χ0n) is 16.7. The number of nitrogens with zero attached hydrogens (tertiary/aromatic N) is 2. The van der Waals surface area contributed by atoms with Crippen molar-refractivity contribution in [1.29, 1.82) is 0 Å². The van der Waals surface area contributed by atoms with Crippen molar-refractivity contribution in [2.45, 2.75) is 31.7 Å². The van der Waals surface area contributed by atoms with Crippen LogP contribution >= 0.6 is 11.6 Å². The fourth-order valence-electron chi connectivity index (χ4n) is 3.18. The third kappa shape index (κ3) is 5.47. The van der Waals surface area contributed by atoms with Crippen LogP contribution in [0.1, 0.15) is 13.8 Å². The smallest absolute Gasteiger partial charge is 0.269 e. The van der Waals surface area contributed by atoms with Gasteiger partial charge in [0.25, 0.3) is 5.69 Å². The van der Waals surface area contributed by atoms with Crippen LogP contribution < -0.4 is 9.47 Å². The zero-order chi connectivity index (χ0) is 21.7. The Balaban J connectivity index is 1.58. The minimum absolute atomic E-state index is 0.00174. The highest BCUT2D eigenvalue weighted by atomic mass is 35.5. The predicted molar refractivity (Wildman–Crippen MR) is 111 cm³/mol. The van der Waals surface area contributed by atoms with Gasteiger partial charge >= 0.3 is 0 Å². The van der Waals surface area contributed by atoms with Crippen LogP contribution in [-0.2, 0) is 9.53 Å². The third-order valence-corrected chi connectivity index (χ3v) is 5.04. The Morgan fingerprint density at radius 1 is 1.23 bits per heavy atom. The number of rotatable bonds is 9. The van der Waals surface area contributed by atoms with Gasteiger partial charge in [0.1, 0.15) is 30.8 Å². The maximum absolute atomic E-state index is 11.6. The molecule has 1 saturated heterocycles. The zero-order valence-corrected chi connectivity index (χ0v) is 17.4. The molecule has 1 heterocycles. The third-order valence-electron chi connectivity index (χ3n) is 4.80. The molecule has 2 unspecified atom stereocenters. The lowest BCUT2D eigenvalue weighted by atomic mass is 10.0. The van der Waals surface area contributed by atoms with Crippen LogP contribution in [-0.4, -0.2) is 53.7 Å². The van der Waals surface area contributed by atoms with E-state index in [4.69, 9.17) is 25.8 Å². The van der Waals surface area contributed by atoms with Crippen molar-refractivity contribution in [3.05, 3.63) is 63.7 Å². The van der Waals surface area contributed by atoms with Crippen molar-refractivity contribution >= 4 is 23.6 Å². The van der Waals surface area contributed by atoms with Crippen LogP contribution in [0.15, 0.2) is 48.5 Å². The van der Waals surface area contributed by atoms with E-state index in [1.54, 1.807) is 36.4 Å². The van der Waals surface area contributed by atoms with Crippen LogP contribution in [0.4, 0.5) is 5.69 Å². The second-order valence-corrected chi connectivity index (χ2v) is 7.99. The maximum atomic E-state index is 11.6. The van der Waals surface area contributed by atoms with Gasteiger partial charge in [-0.1, -0.05) is 17.7 Å². The first-order chi connectivity index (χ1) is 14.3. The molecule has 0 aromatic heterocycles. The molecule has 9 heteroatoms. The molecule has 0 saturated carbocycles. The molecule has 0 spiro atoms. The summed E-state index contributed by atoms with van der Waals surface area (Å²) in [6, 6.07) is 13.0. The van der Waals surface area contributed by atoms with Crippen molar-refractivity contribution in [3.8, 4) is 11.5 Å². The second kappa shape index (κ2) is 9.42. The average molecular weight is 435 g/mol. The van der Waals surface area contributed by atoms with Gasteiger partial charge in [0.2, 0.25) is 0 Å². The van der Waals surface area contributed by atoms with Crippen LogP contribution in [0.3, 0.4) is 0 Å². The number of non-ortho nitro benzene ring substituents is 1. The molecule has 2 atom stereocenters. The highest BCUT2D eigenvalue weighted by molar-refractivity contribution is 6.30. The van der Waals surface area contributed by atoms with Crippen molar-refractivity contribution in [1.82, 2.24) is 4.90 Å². The van der Waals surface area contributed by atoms with E-state index in [2.05, 4.69) is 0 Å². The van der Waals surface area contributed by atoms with Gasteiger partial charge in [-0.2, -0.15) is 0 Å². The van der Waals surface area contributed by atoms with Crippen molar-refractivity contribution in [3.63, 3.8) is 0 Å². The van der Waals surface area contributed by atoms with Gasteiger partial charge in [0, 0.05) is 23.7 Å². The van der Waals surface area contributed by atoms with Gasteiger partial charge in [0.05, 0.1) is 10.5 Å². The highest BCUT2D eigenvalue weighted by Crippen LogP contribution is 2.27. The molecule has 160 valence electrons. The number of nitro groups is 1.